The van der Waals surface area contributed by atoms with Crippen LogP contribution in [0.1, 0.15) is 160 Å². The highest BCUT2D eigenvalue weighted by atomic mass is 16.7. The SMILES string of the molecule is CC/C1=C\C=C\C(CC)C(C(C)C(O)CC2(OC)CC(OC3CC(O)C(O)C(C)O3)C(CC)C(C)O2)OC(=O)/C=C/C(CC)=C/C=C/C(CC)C(C(C)C(O)CC2(O)CC(OC3CC(O)C(O)C(C)O3)C(CC)C(C)O2)OC(=O)C=C1. The van der Waals surface area contributed by atoms with Crippen LogP contribution in [0.2, 0.25) is 0 Å². The summed E-state index contributed by atoms with van der Waals surface area (Å²) in [5.41, 5.74) is 1.59. The summed E-state index contributed by atoms with van der Waals surface area (Å²) in [6, 6.07) is 0. The number of allylic oxidation sites excluding steroid dienone is 8. The molecule has 18 nitrogen and oxygen atoms in total. The topological polar surface area (TPSA) is 259 Å². The molecule has 81 heavy (non-hydrogen) atoms. The molecule has 0 aromatic carbocycles. The molecule has 5 aliphatic rings. The largest absolute Gasteiger partial charge is 0.458 e. The molecule has 0 aromatic rings. The molecule has 0 radical (unpaired) electrons. The van der Waals surface area contributed by atoms with Crippen LogP contribution in [0.5, 0.6) is 0 Å². The summed E-state index contributed by atoms with van der Waals surface area (Å²) in [5.74, 6) is -6.63. The normalized spacial score (nSPS) is 42.8. The molecule has 0 aromatic heterocycles. The Morgan fingerprint density at radius 2 is 1.01 bits per heavy atom. The number of carbonyl (C=O) groups excluding carboxylic acids is 2. The van der Waals surface area contributed by atoms with Gasteiger partial charge in [0.25, 0.3) is 0 Å². The molecule has 4 fully saturated rings. The van der Waals surface area contributed by atoms with Crippen molar-refractivity contribution in [3.63, 3.8) is 0 Å². The van der Waals surface area contributed by atoms with Crippen LogP contribution in [0.3, 0.4) is 0 Å². The summed E-state index contributed by atoms with van der Waals surface area (Å²) < 4.78 is 56.4. The van der Waals surface area contributed by atoms with E-state index in [1.54, 1.807) is 32.9 Å². The van der Waals surface area contributed by atoms with Gasteiger partial charge in [0.2, 0.25) is 0 Å². The Morgan fingerprint density at radius 3 is 1.41 bits per heavy atom. The minimum absolute atomic E-state index is 0.00264. The van der Waals surface area contributed by atoms with Gasteiger partial charge in [0.05, 0.1) is 61.0 Å². The Labute approximate surface area is 482 Å². The van der Waals surface area contributed by atoms with E-state index in [0.717, 1.165) is 17.6 Å². The standard InChI is InChI=1S/C63H102O18/c1-14-42-22-20-24-44(16-3)60(36(7)50(66)32-62(72)34-52(46(18-5)38(9)80-62)76-56-30-48(64)58(70)40(11)74-56)78-54(68)28-26-43(15-2)23-21-25-45(17-4)61(79-55(69)29-27-42)37(8)51(67)33-63(73-13)35-53(47(19-6)39(10)81-63)77-57-31-49(65)59(71)41(12)75-57/h20-29,36-41,44-53,56-61,64-67,70-72H,14-19,30-35H2,1-13H3/b24-20+,25-21+,28-26?,29-27+,42-22+,43-23+. The van der Waals surface area contributed by atoms with E-state index in [1.165, 1.54) is 19.3 Å². The Balaban J connectivity index is 1.38. The number of esters is 2. The Morgan fingerprint density at radius 1 is 0.593 bits per heavy atom. The van der Waals surface area contributed by atoms with Crippen LogP contribution in [-0.4, -0.2) is 164 Å². The number of aliphatic hydroxyl groups excluding tert-OH is 6. The van der Waals surface area contributed by atoms with E-state index in [0.29, 0.717) is 32.1 Å². The lowest BCUT2D eigenvalue weighted by Crippen LogP contribution is -2.56. The number of hydrogen-bond donors (Lipinski definition) is 7. The van der Waals surface area contributed by atoms with Crippen LogP contribution in [-0.2, 0) is 52.2 Å². The van der Waals surface area contributed by atoms with E-state index in [1.807, 2.05) is 98.8 Å². The van der Waals surface area contributed by atoms with Gasteiger partial charge in [-0.2, -0.15) is 0 Å². The molecular weight excluding hydrogens is 1040 g/mol. The molecule has 0 spiro atoms. The number of ether oxygens (including phenoxy) is 9. The Kier molecular flexibility index (Phi) is 26.9. The maximum absolute atomic E-state index is 14.0. The summed E-state index contributed by atoms with van der Waals surface area (Å²) in [5, 5.41) is 78.0. The fraction of sp³-hybridized carbons (Fsp3) is 0.778. The molecule has 0 bridgehead atoms. The zero-order chi connectivity index (χ0) is 59.9. The van der Waals surface area contributed by atoms with Crippen molar-refractivity contribution in [2.45, 2.75) is 270 Å². The number of aliphatic hydroxyl groups is 7. The van der Waals surface area contributed by atoms with E-state index in [9.17, 15) is 45.3 Å². The fourth-order valence-electron chi connectivity index (χ4n) is 12.6. The highest BCUT2D eigenvalue weighted by molar-refractivity contribution is 5.83. The summed E-state index contributed by atoms with van der Waals surface area (Å²) in [7, 11) is 1.53. The Bertz CT molecular complexity index is 2120. The lowest BCUT2D eigenvalue weighted by Gasteiger charge is -2.49. The van der Waals surface area contributed by atoms with Crippen molar-refractivity contribution in [2.24, 2.45) is 35.5 Å². The summed E-state index contributed by atoms with van der Waals surface area (Å²) in [6.45, 7) is 22.7. The van der Waals surface area contributed by atoms with E-state index in [4.69, 9.17) is 42.6 Å². The first-order chi connectivity index (χ1) is 38.4. The molecule has 4 saturated heterocycles. The second kappa shape index (κ2) is 31.8. The smallest absolute Gasteiger partial charge is 0.331 e. The molecule has 7 N–H and O–H groups in total. The highest BCUT2D eigenvalue weighted by Crippen LogP contribution is 2.44. The molecule has 462 valence electrons. The van der Waals surface area contributed by atoms with Gasteiger partial charge in [-0.15, -0.1) is 0 Å². The first-order valence-electron chi connectivity index (χ1n) is 30.2. The number of rotatable bonds is 19. The summed E-state index contributed by atoms with van der Waals surface area (Å²) >= 11 is 0. The maximum Gasteiger partial charge on any atom is 0.331 e. The van der Waals surface area contributed by atoms with Crippen molar-refractivity contribution in [1.82, 2.24) is 0 Å². The van der Waals surface area contributed by atoms with Crippen molar-refractivity contribution in [3.05, 3.63) is 71.9 Å². The van der Waals surface area contributed by atoms with Gasteiger partial charge in [-0.1, -0.05) is 104 Å². The number of methoxy groups -OCH3 is 1. The third kappa shape index (κ3) is 18.7. The third-order valence-electron chi connectivity index (χ3n) is 17.9. The zero-order valence-corrected chi connectivity index (χ0v) is 50.6. The molecule has 5 rings (SSSR count). The van der Waals surface area contributed by atoms with E-state index >= 15 is 0 Å². The molecule has 24 unspecified atom stereocenters. The highest BCUT2D eigenvalue weighted by Gasteiger charge is 2.51. The molecule has 0 aliphatic carbocycles. The van der Waals surface area contributed by atoms with Crippen LogP contribution in [0.4, 0.5) is 0 Å². The van der Waals surface area contributed by atoms with Crippen LogP contribution in [0, 0.1) is 35.5 Å². The van der Waals surface area contributed by atoms with Crippen molar-refractivity contribution >= 4 is 11.9 Å². The Hall–Kier alpha value is -3.18. The summed E-state index contributed by atoms with van der Waals surface area (Å²) in [4.78, 5) is 27.9. The second-order valence-corrected chi connectivity index (χ2v) is 23.6. The zero-order valence-electron chi connectivity index (χ0n) is 50.6. The van der Waals surface area contributed by atoms with Gasteiger partial charge in [0.1, 0.15) is 24.4 Å². The molecule has 0 amide bonds. The van der Waals surface area contributed by atoms with E-state index in [-0.39, 0.29) is 62.4 Å². The molecule has 5 aliphatic heterocycles. The number of carbonyl (C=O) groups is 2. The first-order valence-corrected chi connectivity index (χ1v) is 30.2. The maximum atomic E-state index is 14.0. The van der Waals surface area contributed by atoms with E-state index < -0.39 is 133 Å². The average molecular weight is 1150 g/mol. The minimum atomic E-state index is -1.83. The first kappa shape index (κ1) is 68.6. The fourth-order valence-corrected chi connectivity index (χ4v) is 12.6. The van der Waals surface area contributed by atoms with Gasteiger partial charge in [-0.3, -0.25) is 0 Å². The monoisotopic (exact) mass is 1150 g/mol. The second-order valence-electron chi connectivity index (χ2n) is 23.6. The summed E-state index contributed by atoms with van der Waals surface area (Å²) in [6.07, 6.45) is 8.43. The molecule has 18 heteroatoms. The molecular formula is C63H102O18. The predicted molar refractivity (Wildman–Crippen MR) is 304 cm³/mol. The number of hydrogen-bond acceptors (Lipinski definition) is 18. The van der Waals surface area contributed by atoms with Crippen LogP contribution >= 0.6 is 0 Å². The van der Waals surface area contributed by atoms with Crippen LogP contribution < -0.4 is 0 Å². The lowest BCUT2D eigenvalue weighted by atomic mass is 9.80. The van der Waals surface area contributed by atoms with Gasteiger partial charge in [0, 0.05) is 93.3 Å². The molecule has 24 atom stereocenters. The molecule has 5 heterocycles. The molecule has 0 saturated carbocycles. The number of cyclic esters (lactones) is 2. The van der Waals surface area contributed by atoms with Gasteiger partial charge >= 0.3 is 11.9 Å². The quantitative estimate of drug-likeness (QED) is 0.0610. The van der Waals surface area contributed by atoms with Gasteiger partial charge in [-0.05, 0) is 77.4 Å². The predicted octanol–water partition coefficient (Wildman–Crippen LogP) is 7.73. The van der Waals surface area contributed by atoms with Crippen molar-refractivity contribution < 1.29 is 88.0 Å². The average Bonchev–Trinajstić information content (AvgIpc) is 3.44. The third-order valence-corrected chi connectivity index (χ3v) is 17.9. The van der Waals surface area contributed by atoms with Crippen LogP contribution in [0.25, 0.3) is 0 Å². The minimum Gasteiger partial charge on any atom is -0.458 e. The van der Waals surface area contributed by atoms with Gasteiger partial charge in [0.15, 0.2) is 24.2 Å². The van der Waals surface area contributed by atoms with Crippen LogP contribution in [0.15, 0.2) is 71.9 Å². The van der Waals surface area contributed by atoms with Crippen molar-refractivity contribution in [2.75, 3.05) is 7.11 Å². The lowest BCUT2D eigenvalue weighted by molar-refractivity contribution is -0.337. The van der Waals surface area contributed by atoms with Gasteiger partial charge in [-0.25, -0.2) is 9.59 Å². The van der Waals surface area contributed by atoms with E-state index in [2.05, 4.69) is 0 Å². The van der Waals surface area contributed by atoms with Gasteiger partial charge < -0.3 is 78.4 Å². The van der Waals surface area contributed by atoms with Crippen molar-refractivity contribution in [3.8, 4) is 0 Å². The van der Waals surface area contributed by atoms with Crippen molar-refractivity contribution in [1.29, 1.82) is 0 Å².